The normalized spacial score (nSPS) is 25.0. The van der Waals surface area contributed by atoms with Crippen molar-refractivity contribution in [3.8, 4) is 0 Å². The molecule has 0 spiro atoms. The Morgan fingerprint density at radius 2 is 1.11 bits per heavy atom. The van der Waals surface area contributed by atoms with Gasteiger partial charge in [0.25, 0.3) is 11.8 Å². The zero-order chi connectivity index (χ0) is 58.3. The molecule has 0 bridgehead atoms. The number of rotatable bonds is 12. The van der Waals surface area contributed by atoms with Gasteiger partial charge in [0, 0.05) is 55.8 Å². The molecule has 1 aliphatic rings. The highest BCUT2D eigenvalue weighted by molar-refractivity contribution is 6.06. The van der Waals surface area contributed by atoms with Crippen LogP contribution < -0.4 is 21.3 Å². The molecule has 0 aliphatic carbocycles. The summed E-state index contributed by atoms with van der Waals surface area (Å²) in [5.74, 6) is -7.95. The summed E-state index contributed by atoms with van der Waals surface area (Å²) in [6.45, 7) is 23.7. The van der Waals surface area contributed by atoms with Gasteiger partial charge in [-0.3, -0.25) is 48.6 Å². The van der Waals surface area contributed by atoms with Crippen molar-refractivity contribution in [3.63, 3.8) is 0 Å². The van der Waals surface area contributed by atoms with E-state index in [4.69, 9.17) is 0 Å². The number of allylic oxidation sites excluding steroid dienone is 2. The zero-order valence-electron chi connectivity index (χ0n) is 48.0. The Hall–Kier alpha value is -6.39. The van der Waals surface area contributed by atoms with E-state index in [0.717, 1.165) is 38.6 Å². The van der Waals surface area contributed by atoms with Crippen LogP contribution in [0, 0.1) is 23.7 Å². The minimum atomic E-state index is -1.56. The summed E-state index contributed by atoms with van der Waals surface area (Å²) in [5.41, 5.74) is -1.98. The largest absolute Gasteiger partial charge is 0.390 e. The third-order valence-electron chi connectivity index (χ3n) is 13.2. The fourth-order valence-electron chi connectivity index (χ4n) is 8.33. The van der Waals surface area contributed by atoms with Gasteiger partial charge in [0.15, 0.2) is 0 Å². The highest BCUT2D eigenvalue weighted by atomic mass is 16.3. The molecule has 5 N–H and O–H groups in total. The Bertz CT molecular complexity index is 2140. The van der Waals surface area contributed by atoms with E-state index in [2.05, 4.69) is 27.8 Å². The Morgan fingerprint density at radius 3 is 1.60 bits per heavy atom. The molecule has 2 unspecified atom stereocenters. The van der Waals surface area contributed by atoms with E-state index in [-0.39, 0.29) is 49.9 Å². The van der Waals surface area contributed by atoms with Crippen LogP contribution in [0.5, 0.6) is 0 Å². The molecule has 1 rings (SSSR count). The maximum absolute atomic E-state index is 14.4. The monoisotopic (exact) mass is 1060 g/mol. The zero-order valence-corrected chi connectivity index (χ0v) is 48.0. The summed E-state index contributed by atoms with van der Waals surface area (Å²) in [5, 5.41) is 21.2. The molecule has 0 saturated carbocycles. The number of likely N-dealkylation sites (N-methyl/N-ethyl adjacent to an activating group) is 6. The average molecular weight is 1060 g/mol. The molecule has 1 aliphatic heterocycles. The van der Waals surface area contributed by atoms with Crippen LogP contribution in [0.1, 0.15) is 122 Å². The minimum absolute atomic E-state index is 0.00426. The number of aliphatic hydroxyl groups is 1. The van der Waals surface area contributed by atoms with Crippen molar-refractivity contribution in [1.29, 1.82) is 0 Å². The maximum Gasteiger partial charge on any atom is 0.334 e. The highest BCUT2D eigenvalue weighted by Crippen LogP contribution is 2.23. The molecule has 8 atom stereocenters. The second-order valence-electron chi connectivity index (χ2n) is 21.7. The number of carbonyl (C=O) groups excluding carboxylic acids is 11. The van der Waals surface area contributed by atoms with E-state index in [1.165, 1.54) is 56.0 Å². The van der Waals surface area contributed by atoms with Gasteiger partial charge in [0.1, 0.15) is 48.0 Å². The maximum atomic E-state index is 14.4. The van der Waals surface area contributed by atoms with Crippen molar-refractivity contribution in [2.24, 2.45) is 23.7 Å². The van der Waals surface area contributed by atoms with Crippen LogP contribution in [0.4, 0.5) is 14.4 Å². The van der Waals surface area contributed by atoms with Gasteiger partial charge in [-0.15, -0.1) is 0 Å². The van der Waals surface area contributed by atoms with E-state index in [1.54, 1.807) is 34.6 Å². The predicted octanol–water partition coefficient (Wildman–Crippen LogP) is 2.88. The molecule has 0 aromatic carbocycles. The second-order valence-corrected chi connectivity index (χ2v) is 21.7. The lowest BCUT2D eigenvalue weighted by Crippen LogP contribution is -2.61. The summed E-state index contributed by atoms with van der Waals surface area (Å²) >= 11 is 0. The fourth-order valence-corrected chi connectivity index (χ4v) is 8.33. The van der Waals surface area contributed by atoms with Crippen LogP contribution >= 0.6 is 0 Å². The van der Waals surface area contributed by atoms with Crippen LogP contribution in [0.25, 0.3) is 0 Å². The van der Waals surface area contributed by atoms with Gasteiger partial charge in [-0.1, -0.05) is 74.1 Å². The first-order chi connectivity index (χ1) is 34.5. The minimum Gasteiger partial charge on any atom is -0.390 e. The van der Waals surface area contributed by atoms with Gasteiger partial charge >= 0.3 is 18.1 Å². The quantitative estimate of drug-likeness (QED) is 0.139. The number of hydrogen-bond acceptors (Lipinski definition) is 12. The predicted molar refractivity (Wildman–Crippen MR) is 283 cm³/mol. The van der Waals surface area contributed by atoms with Crippen molar-refractivity contribution < 1.29 is 57.8 Å². The molecule has 14 amide bonds. The van der Waals surface area contributed by atoms with Crippen molar-refractivity contribution >= 4 is 65.4 Å². The topological polar surface area (TPSA) is 279 Å². The summed E-state index contributed by atoms with van der Waals surface area (Å²) in [6.07, 6.45) is 3.99. The van der Waals surface area contributed by atoms with Crippen LogP contribution in [0.3, 0.4) is 0 Å². The van der Waals surface area contributed by atoms with Gasteiger partial charge in [-0.2, -0.15) is 0 Å². The SMILES string of the molecule is C=C1C(=O)N(C)[C@@H](CC(C)(C)O)C(=O)N[C@H](C(C)C)C(=O)N(C)[C@@H](CC(C)C)C(=O)N[C@H](C)C(=O)NC(=O)N(C)C(CC(C)C)C(=O)N(C)C(=O)N(C)C(=O)N(C)C(C[C@H](C)C/C=C/C)C(=O)N[C@@H](CC)C(=O)N1C. The van der Waals surface area contributed by atoms with E-state index < -0.39 is 125 Å². The summed E-state index contributed by atoms with van der Waals surface area (Å²) in [4.78, 5) is 162. The first-order valence-corrected chi connectivity index (χ1v) is 25.6. The first-order valence-electron chi connectivity index (χ1n) is 25.6. The van der Waals surface area contributed by atoms with Gasteiger partial charge in [-0.25, -0.2) is 19.3 Å². The molecular weight excluding hydrogens is 971 g/mol. The van der Waals surface area contributed by atoms with E-state index in [9.17, 15) is 57.8 Å². The smallest absolute Gasteiger partial charge is 0.334 e. The molecule has 424 valence electrons. The lowest BCUT2D eigenvalue weighted by atomic mass is 9.95. The Balaban J connectivity index is 4.14. The standard InChI is InChI=1S/C52H89N11O12/c1-21-23-24-32(9)27-37-43(66)54-35(22-2)46(69)57(14)34(11)45(68)59(16)39(28-52(12,13)75)44(67)55-40(31(7)8)48(71)58(15)36(25-29(3)4)42(65)53-33(10)41(64)56-49(72)60(17)38(26-30(5)6)47(70)62(19)51(74)63(20)50(73)61(37)18/h21,23,29-33,35-40,75H,11,22,24-28H2,1-10,12-20H3,(H,53,65)(H,54,66)(H,55,67)(H,56,64,72)/b23-21+/t32-,33-,35+,36+,37?,38?,39+,40-/m1/s1. The Morgan fingerprint density at radius 1 is 0.600 bits per heavy atom. The lowest BCUT2D eigenvalue weighted by molar-refractivity contribution is -0.146. The number of carbonyl (C=O) groups is 11. The van der Waals surface area contributed by atoms with Gasteiger partial charge in [-0.05, 0) is 83.5 Å². The van der Waals surface area contributed by atoms with Crippen molar-refractivity contribution in [3.05, 3.63) is 24.4 Å². The van der Waals surface area contributed by atoms with E-state index in [1.807, 2.05) is 39.8 Å². The molecule has 23 nitrogen and oxygen atoms in total. The van der Waals surface area contributed by atoms with Crippen LogP contribution in [-0.2, 0) is 38.4 Å². The molecule has 0 radical (unpaired) electrons. The van der Waals surface area contributed by atoms with Gasteiger partial charge in [0.2, 0.25) is 35.4 Å². The van der Waals surface area contributed by atoms with Gasteiger partial charge in [0.05, 0.1) is 5.60 Å². The molecule has 0 aromatic heterocycles. The Kier molecular flexibility index (Phi) is 25.8. The van der Waals surface area contributed by atoms with Crippen LogP contribution in [0.15, 0.2) is 24.4 Å². The van der Waals surface area contributed by atoms with Crippen molar-refractivity contribution in [2.45, 2.75) is 170 Å². The third-order valence-corrected chi connectivity index (χ3v) is 13.2. The van der Waals surface area contributed by atoms with E-state index in [0.29, 0.717) is 16.2 Å². The summed E-state index contributed by atoms with van der Waals surface area (Å²) in [7, 11) is 8.64. The number of amides is 14. The number of hydrogen-bond donors (Lipinski definition) is 5. The van der Waals surface area contributed by atoms with Crippen molar-refractivity contribution in [2.75, 3.05) is 49.3 Å². The lowest BCUT2D eigenvalue weighted by Gasteiger charge is -2.37. The van der Waals surface area contributed by atoms with Crippen LogP contribution in [0.2, 0.25) is 0 Å². The molecule has 0 aromatic rings. The third kappa shape index (κ3) is 18.7. The summed E-state index contributed by atoms with van der Waals surface area (Å²) in [6, 6.07) is -12.5. The second kappa shape index (κ2) is 29.1. The number of nitrogens with one attached hydrogen (secondary N) is 4. The molecule has 23 heteroatoms. The fraction of sp³-hybridized carbons (Fsp3) is 0.712. The van der Waals surface area contributed by atoms with Gasteiger partial charge < -0.3 is 45.6 Å². The van der Waals surface area contributed by atoms with E-state index >= 15 is 0 Å². The molecular formula is C52H89N11O12. The number of nitrogens with zero attached hydrogens (tertiary/aromatic N) is 7. The number of imide groups is 3. The summed E-state index contributed by atoms with van der Waals surface area (Å²) < 4.78 is 0. The first kappa shape index (κ1) is 66.6. The molecule has 1 heterocycles. The van der Waals surface area contributed by atoms with Crippen molar-refractivity contribution in [1.82, 2.24) is 55.6 Å². The molecule has 1 saturated heterocycles. The Labute approximate surface area is 444 Å². The molecule has 75 heavy (non-hydrogen) atoms. The molecule has 1 fully saturated rings. The average Bonchev–Trinajstić information content (AvgIpc) is 3.33. The highest BCUT2D eigenvalue weighted by Gasteiger charge is 2.42. The number of urea groups is 3. The van der Waals surface area contributed by atoms with Crippen LogP contribution in [-0.4, -0.2) is 202 Å².